The lowest BCUT2D eigenvalue weighted by Crippen LogP contribution is -2.27. The van der Waals surface area contributed by atoms with Crippen molar-refractivity contribution in [1.29, 1.82) is 0 Å². The summed E-state index contributed by atoms with van der Waals surface area (Å²) >= 11 is 0. The average Bonchev–Trinajstić information content (AvgIpc) is 2.03. The lowest BCUT2D eigenvalue weighted by molar-refractivity contribution is 0.294. The topological polar surface area (TPSA) is 3.24 Å². The molecule has 1 heteroatoms. The van der Waals surface area contributed by atoms with Crippen molar-refractivity contribution in [3.05, 3.63) is 12.2 Å². The van der Waals surface area contributed by atoms with E-state index in [2.05, 4.69) is 24.0 Å². The van der Waals surface area contributed by atoms with Gasteiger partial charge in [-0.2, -0.15) is 0 Å². The van der Waals surface area contributed by atoms with Gasteiger partial charge in [0.25, 0.3) is 0 Å². The van der Waals surface area contributed by atoms with Crippen molar-refractivity contribution in [2.24, 2.45) is 0 Å². The summed E-state index contributed by atoms with van der Waals surface area (Å²) < 4.78 is 0. The van der Waals surface area contributed by atoms with E-state index in [1.807, 2.05) is 0 Å². The highest BCUT2D eigenvalue weighted by Gasteiger charge is 2.03. The molecule has 0 aliphatic carbocycles. The van der Waals surface area contributed by atoms with Crippen LogP contribution in [0.3, 0.4) is 0 Å². The zero-order valence-corrected chi connectivity index (χ0v) is 6.84. The van der Waals surface area contributed by atoms with Crippen LogP contribution in [0.4, 0.5) is 0 Å². The highest BCUT2D eigenvalue weighted by atomic mass is 15.1. The number of rotatable bonds is 3. The molecular weight excluding hydrogens is 122 g/mol. The molecule has 0 amide bonds. The first-order valence-electron chi connectivity index (χ1n) is 4.31. The Labute approximate surface area is 63.7 Å². The molecule has 1 nitrogen and oxygen atoms in total. The van der Waals surface area contributed by atoms with Gasteiger partial charge in [-0.05, 0) is 19.4 Å². The molecule has 1 heterocycles. The van der Waals surface area contributed by atoms with Gasteiger partial charge in [-0.3, -0.25) is 4.90 Å². The molecule has 0 aromatic heterocycles. The molecule has 1 rings (SSSR count). The van der Waals surface area contributed by atoms with E-state index in [0.717, 1.165) is 0 Å². The van der Waals surface area contributed by atoms with Crippen LogP contribution in [0.25, 0.3) is 0 Å². The minimum atomic E-state index is 1.18. The van der Waals surface area contributed by atoms with Gasteiger partial charge in [-0.15, -0.1) is 0 Å². The fourth-order valence-electron chi connectivity index (χ4n) is 1.27. The van der Waals surface area contributed by atoms with E-state index in [1.165, 1.54) is 38.9 Å². The molecule has 0 fully saturated rings. The number of nitrogens with zero attached hydrogens (tertiary/aromatic N) is 1. The van der Waals surface area contributed by atoms with E-state index >= 15 is 0 Å². The van der Waals surface area contributed by atoms with Crippen LogP contribution in [0, 0.1) is 0 Å². The first-order chi connectivity index (χ1) is 4.93. The number of unbranched alkanes of at least 4 members (excludes halogenated alkanes) is 1. The quantitative estimate of drug-likeness (QED) is 0.541. The van der Waals surface area contributed by atoms with Crippen molar-refractivity contribution < 1.29 is 0 Å². The normalized spacial score (nSPS) is 19.7. The van der Waals surface area contributed by atoms with Gasteiger partial charge < -0.3 is 0 Å². The molecule has 0 bridgehead atoms. The monoisotopic (exact) mass is 139 g/mol. The van der Waals surface area contributed by atoms with E-state index in [4.69, 9.17) is 0 Å². The minimum absolute atomic E-state index is 1.18. The predicted octanol–water partition coefficient (Wildman–Crippen LogP) is 2.05. The van der Waals surface area contributed by atoms with E-state index in [0.29, 0.717) is 0 Å². The summed E-state index contributed by atoms with van der Waals surface area (Å²) in [5, 5.41) is 0. The van der Waals surface area contributed by atoms with Crippen LogP contribution in [0.5, 0.6) is 0 Å². The summed E-state index contributed by atoms with van der Waals surface area (Å²) in [6, 6.07) is 0. The fourth-order valence-corrected chi connectivity index (χ4v) is 1.27. The van der Waals surface area contributed by atoms with Gasteiger partial charge in [-0.25, -0.2) is 0 Å². The van der Waals surface area contributed by atoms with Crippen LogP contribution in [0.15, 0.2) is 12.2 Å². The van der Waals surface area contributed by atoms with Crippen LogP contribution in [0.2, 0.25) is 0 Å². The van der Waals surface area contributed by atoms with Crippen LogP contribution >= 0.6 is 0 Å². The lowest BCUT2D eigenvalue weighted by Gasteiger charge is -2.22. The zero-order chi connectivity index (χ0) is 7.23. The maximum Gasteiger partial charge on any atom is 0.0163 e. The van der Waals surface area contributed by atoms with Crippen LogP contribution in [-0.4, -0.2) is 24.5 Å². The molecule has 0 aromatic carbocycles. The fraction of sp³-hybridized carbons (Fsp3) is 0.778. The second kappa shape index (κ2) is 4.51. The van der Waals surface area contributed by atoms with E-state index in [-0.39, 0.29) is 0 Å². The Hall–Kier alpha value is -0.300. The van der Waals surface area contributed by atoms with Crippen molar-refractivity contribution in [2.45, 2.75) is 26.2 Å². The highest BCUT2D eigenvalue weighted by molar-refractivity contribution is 4.90. The van der Waals surface area contributed by atoms with Gasteiger partial charge in [0.2, 0.25) is 0 Å². The van der Waals surface area contributed by atoms with Crippen LogP contribution in [0.1, 0.15) is 26.2 Å². The molecule has 0 atom stereocenters. The van der Waals surface area contributed by atoms with Crippen molar-refractivity contribution >= 4 is 0 Å². The number of hydrogen-bond acceptors (Lipinski definition) is 1. The average molecular weight is 139 g/mol. The molecule has 58 valence electrons. The van der Waals surface area contributed by atoms with Gasteiger partial charge in [0.1, 0.15) is 0 Å². The van der Waals surface area contributed by atoms with Crippen molar-refractivity contribution in [1.82, 2.24) is 4.90 Å². The van der Waals surface area contributed by atoms with E-state index < -0.39 is 0 Å². The summed E-state index contributed by atoms with van der Waals surface area (Å²) in [5.74, 6) is 0. The van der Waals surface area contributed by atoms with E-state index in [9.17, 15) is 0 Å². The zero-order valence-electron chi connectivity index (χ0n) is 6.84. The molecule has 0 saturated heterocycles. The van der Waals surface area contributed by atoms with Gasteiger partial charge in [-0.1, -0.05) is 25.5 Å². The Morgan fingerprint density at radius 1 is 1.40 bits per heavy atom. The van der Waals surface area contributed by atoms with E-state index in [1.54, 1.807) is 0 Å². The Bertz CT molecular complexity index is 107. The van der Waals surface area contributed by atoms with Gasteiger partial charge in [0.15, 0.2) is 0 Å². The SMILES string of the molecule is CCCCN1CC=CCC1. The van der Waals surface area contributed by atoms with Crippen molar-refractivity contribution in [3.63, 3.8) is 0 Å². The van der Waals surface area contributed by atoms with Gasteiger partial charge >= 0.3 is 0 Å². The highest BCUT2D eigenvalue weighted by Crippen LogP contribution is 2.02. The smallest absolute Gasteiger partial charge is 0.0163 e. The summed E-state index contributed by atoms with van der Waals surface area (Å²) in [6.45, 7) is 6.00. The maximum absolute atomic E-state index is 2.52. The largest absolute Gasteiger partial charge is 0.299 e. The van der Waals surface area contributed by atoms with Crippen molar-refractivity contribution in [3.8, 4) is 0 Å². The summed E-state index contributed by atoms with van der Waals surface area (Å²) in [5.41, 5.74) is 0. The van der Waals surface area contributed by atoms with Crippen LogP contribution < -0.4 is 0 Å². The predicted molar refractivity (Wildman–Crippen MR) is 45.1 cm³/mol. The Morgan fingerprint density at radius 2 is 2.30 bits per heavy atom. The maximum atomic E-state index is 2.52. The molecule has 0 N–H and O–H groups in total. The number of hydrogen-bond donors (Lipinski definition) is 0. The second-order valence-electron chi connectivity index (χ2n) is 2.91. The second-order valence-corrected chi connectivity index (χ2v) is 2.91. The minimum Gasteiger partial charge on any atom is -0.299 e. The lowest BCUT2D eigenvalue weighted by atomic mass is 10.2. The molecule has 0 aromatic rings. The molecule has 1 aliphatic heterocycles. The third-order valence-corrected chi connectivity index (χ3v) is 1.97. The summed E-state index contributed by atoms with van der Waals surface area (Å²) in [6.07, 6.45) is 8.49. The Kier molecular flexibility index (Phi) is 3.52. The molecule has 10 heavy (non-hydrogen) atoms. The first kappa shape index (κ1) is 7.80. The Balaban J connectivity index is 2.10. The molecule has 0 saturated carbocycles. The molecular formula is C9H17N. The molecule has 0 unspecified atom stereocenters. The van der Waals surface area contributed by atoms with Gasteiger partial charge in [0, 0.05) is 13.1 Å². The van der Waals surface area contributed by atoms with Gasteiger partial charge in [0.05, 0.1) is 0 Å². The summed E-state index contributed by atoms with van der Waals surface area (Å²) in [7, 11) is 0. The van der Waals surface area contributed by atoms with Crippen molar-refractivity contribution in [2.75, 3.05) is 19.6 Å². The molecule has 0 spiro atoms. The molecule has 1 aliphatic rings. The Morgan fingerprint density at radius 3 is 2.90 bits per heavy atom. The van der Waals surface area contributed by atoms with Crippen LogP contribution in [-0.2, 0) is 0 Å². The first-order valence-corrected chi connectivity index (χ1v) is 4.31. The third kappa shape index (κ3) is 2.53. The molecule has 0 radical (unpaired) electrons. The third-order valence-electron chi connectivity index (χ3n) is 1.97. The summed E-state index contributed by atoms with van der Waals surface area (Å²) in [4.78, 5) is 2.52. The standard InChI is InChI=1S/C9H17N/c1-2-3-7-10-8-5-4-6-9-10/h4-5H,2-3,6-9H2,1H3.